The van der Waals surface area contributed by atoms with Gasteiger partial charge in [-0.25, -0.2) is 0 Å². The molecule has 0 unspecified atom stereocenters. The predicted octanol–water partition coefficient (Wildman–Crippen LogP) is 7.81. The van der Waals surface area contributed by atoms with E-state index in [-0.39, 0.29) is 17.2 Å². The molecular formula is C31H24BrClN2O4. The number of methoxy groups -OCH3 is 1. The maximum absolute atomic E-state index is 12.8. The fraction of sp³-hybridized carbons (Fsp3) is 0.0968. The highest BCUT2D eigenvalue weighted by Crippen LogP contribution is 2.38. The highest BCUT2D eigenvalue weighted by Gasteiger charge is 2.15. The van der Waals surface area contributed by atoms with Crippen LogP contribution in [0.1, 0.15) is 16.7 Å². The van der Waals surface area contributed by atoms with Crippen LogP contribution in [0.5, 0.6) is 17.2 Å². The van der Waals surface area contributed by atoms with Gasteiger partial charge in [0.15, 0.2) is 11.5 Å². The van der Waals surface area contributed by atoms with Crippen molar-refractivity contribution in [2.24, 2.45) is 0 Å². The van der Waals surface area contributed by atoms with Crippen molar-refractivity contribution in [1.29, 1.82) is 5.26 Å². The molecule has 4 aromatic rings. The van der Waals surface area contributed by atoms with Gasteiger partial charge in [0, 0.05) is 15.7 Å². The summed E-state index contributed by atoms with van der Waals surface area (Å²) in [5.74, 6) is 0.852. The van der Waals surface area contributed by atoms with Gasteiger partial charge >= 0.3 is 0 Å². The molecule has 0 saturated heterocycles. The molecule has 0 atom stereocenters. The zero-order valence-corrected chi connectivity index (χ0v) is 23.3. The summed E-state index contributed by atoms with van der Waals surface area (Å²) >= 11 is 9.99. The van der Waals surface area contributed by atoms with Crippen molar-refractivity contribution in [1.82, 2.24) is 0 Å². The monoisotopic (exact) mass is 602 g/mol. The Labute approximate surface area is 240 Å². The number of anilines is 1. The lowest BCUT2D eigenvalue weighted by atomic mass is 10.1. The number of halogens is 2. The fourth-order valence-corrected chi connectivity index (χ4v) is 4.29. The van der Waals surface area contributed by atoms with Gasteiger partial charge in [-0.2, -0.15) is 5.26 Å². The second kappa shape index (κ2) is 13.5. The van der Waals surface area contributed by atoms with E-state index in [1.807, 2.05) is 60.7 Å². The summed E-state index contributed by atoms with van der Waals surface area (Å²) in [4.78, 5) is 12.8. The second-order valence-corrected chi connectivity index (χ2v) is 9.60. The number of hydrogen-bond donors (Lipinski definition) is 1. The third kappa shape index (κ3) is 7.64. The molecule has 0 aliphatic rings. The number of ether oxygens (including phenoxy) is 3. The summed E-state index contributed by atoms with van der Waals surface area (Å²) < 4.78 is 18.1. The molecule has 0 heterocycles. The lowest BCUT2D eigenvalue weighted by Crippen LogP contribution is -2.13. The lowest BCUT2D eigenvalue weighted by molar-refractivity contribution is -0.112. The average Bonchev–Trinajstić information content (AvgIpc) is 2.96. The Morgan fingerprint density at radius 3 is 2.38 bits per heavy atom. The predicted molar refractivity (Wildman–Crippen MR) is 156 cm³/mol. The van der Waals surface area contributed by atoms with Gasteiger partial charge in [-0.1, -0.05) is 76.1 Å². The van der Waals surface area contributed by atoms with Crippen molar-refractivity contribution in [3.05, 3.63) is 123 Å². The molecule has 0 bridgehead atoms. The Kier molecular flexibility index (Phi) is 9.63. The lowest BCUT2D eigenvalue weighted by Gasteiger charge is -2.14. The number of carbonyl (C=O) groups excluding carboxylic acids is 1. The molecular weight excluding hydrogens is 580 g/mol. The molecule has 6 nitrogen and oxygen atoms in total. The quantitative estimate of drug-likeness (QED) is 0.148. The number of nitriles is 1. The number of rotatable bonds is 10. The molecule has 4 aromatic carbocycles. The summed E-state index contributed by atoms with van der Waals surface area (Å²) in [7, 11) is 1.50. The standard InChI is InChI=1S/C31H24BrClN2O4/c1-37-29-17-22(16-28(33)30(29)39-20-23-9-5-6-10-27(23)32)15-24(18-34)31(36)35-25-11-13-26(14-12-25)38-19-21-7-3-2-4-8-21/h2-17H,19-20H2,1H3,(H,35,36)/b24-15+. The minimum absolute atomic E-state index is 0.0978. The molecule has 0 saturated carbocycles. The SMILES string of the molecule is COc1cc(/C=C(\C#N)C(=O)Nc2ccc(OCc3ccccc3)cc2)cc(Cl)c1OCc1ccccc1Br. The fourth-order valence-electron chi connectivity index (χ4n) is 3.62. The van der Waals surface area contributed by atoms with Gasteiger partial charge in [0.05, 0.1) is 12.1 Å². The maximum atomic E-state index is 12.8. The Morgan fingerprint density at radius 2 is 1.69 bits per heavy atom. The third-order valence-electron chi connectivity index (χ3n) is 5.62. The highest BCUT2D eigenvalue weighted by molar-refractivity contribution is 9.10. The van der Waals surface area contributed by atoms with Gasteiger partial charge in [-0.3, -0.25) is 4.79 Å². The minimum atomic E-state index is -0.556. The van der Waals surface area contributed by atoms with E-state index in [2.05, 4.69) is 21.2 Å². The smallest absolute Gasteiger partial charge is 0.266 e. The Morgan fingerprint density at radius 1 is 0.974 bits per heavy atom. The van der Waals surface area contributed by atoms with Crippen LogP contribution in [0.25, 0.3) is 6.08 Å². The van der Waals surface area contributed by atoms with E-state index in [0.29, 0.717) is 35.1 Å². The first-order chi connectivity index (χ1) is 19.0. The number of nitrogens with zero attached hydrogens (tertiary/aromatic N) is 1. The average molecular weight is 604 g/mol. The zero-order valence-electron chi connectivity index (χ0n) is 21.0. The Balaban J connectivity index is 1.43. The molecule has 0 aromatic heterocycles. The molecule has 39 heavy (non-hydrogen) atoms. The highest BCUT2D eigenvalue weighted by atomic mass is 79.9. The van der Waals surface area contributed by atoms with Crippen molar-refractivity contribution in [3.63, 3.8) is 0 Å². The summed E-state index contributed by atoms with van der Waals surface area (Å²) in [5.41, 5.74) is 2.94. The van der Waals surface area contributed by atoms with Crippen molar-refractivity contribution in [3.8, 4) is 23.3 Å². The van der Waals surface area contributed by atoms with Crippen molar-refractivity contribution >= 4 is 45.2 Å². The Hall–Kier alpha value is -4.25. The van der Waals surface area contributed by atoms with Crippen molar-refractivity contribution in [2.75, 3.05) is 12.4 Å². The molecule has 196 valence electrons. The summed E-state index contributed by atoms with van der Waals surface area (Å²) in [6.07, 6.45) is 1.44. The van der Waals surface area contributed by atoms with Crippen LogP contribution in [-0.4, -0.2) is 13.0 Å². The molecule has 0 aliphatic heterocycles. The van der Waals surface area contributed by atoms with Gasteiger partial charge in [-0.05, 0) is 59.7 Å². The summed E-state index contributed by atoms with van der Waals surface area (Å²) in [6.45, 7) is 0.710. The topological polar surface area (TPSA) is 80.6 Å². The molecule has 4 rings (SSSR count). The number of benzene rings is 4. The second-order valence-electron chi connectivity index (χ2n) is 8.34. The van der Waals surface area contributed by atoms with Gasteiger partial charge in [0.25, 0.3) is 5.91 Å². The van der Waals surface area contributed by atoms with Gasteiger partial charge in [0.1, 0.15) is 30.6 Å². The maximum Gasteiger partial charge on any atom is 0.266 e. The van der Waals surface area contributed by atoms with E-state index in [1.165, 1.54) is 13.2 Å². The summed E-state index contributed by atoms with van der Waals surface area (Å²) in [5, 5.41) is 12.7. The van der Waals surface area contributed by atoms with Crippen LogP contribution in [0, 0.1) is 11.3 Å². The number of hydrogen-bond acceptors (Lipinski definition) is 5. The molecule has 0 radical (unpaired) electrons. The van der Waals surface area contributed by atoms with E-state index >= 15 is 0 Å². The van der Waals surface area contributed by atoms with E-state index in [1.54, 1.807) is 36.4 Å². The van der Waals surface area contributed by atoms with Crippen LogP contribution in [0.15, 0.2) is 101 Å². The van der Waals surface area contributed by atoms with E-state index < -0.39 is 5.91 Å². The number of carbonyl (C=O) groups is 1. The van der Waals surface area contributed by atoms with Crippen LogP contribution in [0.3, 0.4) is 0 Å². The van der Waals surface area contributed by atoms with E-state index in [4.69, 9.17) is 25.8 Å². The number of amides is 1. The van der Waals surface area contributed by atoms with Crippen molar-refractivity contribution < 1.29 is 19.0 Å². The molecule has 1 amide bonds. The zero-order chi connectivity index (χ0) is 27.6. The first kappa shape index (κ1) is 27.8. The number of nitrogens with one attached hydrogen (secondary N) is 1. The van der Waals surface area contributed by atoms with Gasteiger partial charge in [-0.15, -0.1) is 0 Å². The van der Waals surface area contributed by atoms with Crippen molar-refractivity contribution in [2.45, 2.75) is 13.2 Å². The molecule has 8 heteroatoms. The Bertz CT molecular complexity index is 1520. The van der Waals surface area contributed by atoms with Crippen LogP contribution >= 0.6 is 27.5 Å². The van der Waals surface area contributed by atoms with Crippen LogP contribution in [-0.2, 0) is 18.0 Å². The van der Waals surface area contributed by atoms with Crippen LogP contribution < -0.4 is 19.5 Å². The summed E-state index contributed by atoms with van der Waals surface area (Å²) in [6, 6.07) is 29.7. The molecule has 0 fully saturated rings. The minimum Gasteiger partial charge on any atom is -0.493 e. The first-order valence-electron chi connectivity index (χ1n) is 11.9. The van der Waals surface area contributed by atoms with E-state index in [9.17, 15) is 10.1 Å². The van der Waals surface area contributed by atoms with Gasteiger partial charge < -0.3 is 19.5 Å². The van der Waals surface area contributed by atoms with Crippen LogP contribution in [0.2, 0.25) is 5.02 Å². The largest absolute Gasteiger partial charge is 0.493 e. The third-order valence-corrected chi connectivity index (χ3v) is 6.67. The molecule has 1 N–H and O–H groups in total. The molecule has 0 aliphatic carbocycles. The normalized spacial score (nSPS) is 10.9. The van der Waals surface area contributed by atoms with E-state index in [0.717, 1.165) is 15.6 Å². The van der Waals surface area contributed by atoms with Gasteiger partial charge in [0.2, 0.25) is 0 Å². The first-order valence-corrected chi connectivity index (χ1v) is 13.1. The van der Waals surface area contributed by atoms with Crippen LogP contribution in [0.4, 0.5) is 5.69 Å². The molecule has 0 spiro atoms.